The van der Waals surface area contributed by atoms with Crippen molar-refractivity contribution in [3.05, 3.63) is 65.2 Å². The molecule has 1 saturated heterocycles. The van der Waals surface area contributed by atoms with Gasteiger partial charge in [-0.15, -0.1) is 0 Å². The van der Waals surface area contributed by atoms with Crippen LogP contribution in [-0.2, 0) is 15.8 Å². The molecule has 1 aliphatic carbocycles. The Morgan fingerprint density at radius 2 is 1.71 bits per heavy atom. The minimum atomic E-state index is -4.43. The van der Waals surface area contributed by atoms with Gasteiger partial charge in [0.15, 0.2) is 0 Å². The molecule has 2 fully saturated rings. The van der Waals surface area contributed by atoms with Crippen molar-refractivity contribution >= 4 is 17.5 Å². The Kier molecular flexibility index (Phi) is 4.61. The van der Waals surface area contributed by atoms with E-state index in [2.05, 4.69) is 10.6 Å². The summed E-state index contributed by atoms with van der Waals surface area (Å²) in [4.78, 5) is 25.2. The first-order valence-electron chi connectivity index (χ1n) is 9.19. The molecule has 4 nitrogen and oxygen atoms in total. The van der Waals surface area contributed by atoms with Crippen molar-refractivity contribution in [1.29, 1.82) is 0 Å². The molecule has 0 bridgehead atoms. The maximum Gasteiger partial charge on any atom is 0.416 e. The molecule has 2 N–H and O–H groups in total. The lowest BCUT2D eigenvalue weighted by Crippen LogP contribution is -2.32. The van der Waals surface area contributed by atoms with E-state index in [0.29, 0.717) is 17.2 Å². The molecule has 2 aromatic carbocycles. The van der Waals surface area contributed by atoms with E-state index in [1.807, 2.05) is 24.3 Å². The summed E-state index contributed by atoms with van der Waals surface area (Å²) < 4.78 is 38.4. The van der Waals surface area contributed by atoms with Crippen molar-refractivity contribution in [3.63, 3.8) is 0 Å². The second-order valence-electron chi connectivity index (χ2n) is 7.30. The van der Waals surface area contributed by atoms with Gasteiger partial charge in [-0.3, -0.25) is 9.59 Å². The van der Waals surface area contributed by atoms with Crippen LogP contribution in [0.15, 0.2) is 48.5 Å². The lowest BCUT2D eigenvalue weighted by molar-refractivity contribution is -0.137. The highest BCUT2D eigenvalue weighted by atomic mass is 19.4. The molecule has 0 aromatic heterocycles. The average Bonchev–Trinajstić information content (AvgIpc) is 3.43. The highest BCUT2D eigenvalue weighted by molar-refractivity contribution is 6.08. The summed E-state index contributed by atoms with van der Waals surface area (Å²) >= 11 is 0. The third-order valence-corrected chi connectivity index (χ3v) is 5.37. The molecule has 146 valence electrons. The first-order chi connectivity index (χ1) is 13.3. The number of benzene rings is 2. The molecule has 7 heteroatoms. The Morgan fingerprint density at radius 3 is 2.36 bits per heavy atom. The highest BCUT2D eigenvalue weighted by Gasteiger charge is 2.42. The Hall–Kier alpha value is -2.83. The molecule has 1 heterocycles. The van der Waals surface area contributed by atoms with E-state index in [1.165, 1.54) is 12.1 Å². The van der Waals surface area contributed by atoms with Gasteiger partial charge in [0, 0.05) is 18.2 Å². The van der Waals surface area contributed by atoms with Gasteiger partial charge in [0.05, 0.1) is 5.56 Å². The van der Waals surface area contributed by atoms with Crippen molar-refractivity contribution in [2.45, 2.75) is 30.9 Å². The van der Waals surface area contributed by atoms with E-state index >= 15 is 0 Å². The predicted octanol–water partition coefficient (Wildman–Crippen LogP) is 4.05. The Bertz CT molecular complexity index is 905. The topological polar surface area (TPSA) is 58.2 Å². The zero-order chi connectivity index (χ0) is 19.9. The van der Waals surface area contributed by atoms with Gasteiger partial charge in [0.1, 0.15) is 5.92 Å². The van der Waals surface area contributed by atoms with Crippen LogP contribution in [0.3, 0.4) is 0 Å². The summed E-state index contributed by atoms with van der Waals surface area (Å²) in [6.45, 7) is 0.215. The van der Waals surface area contributed by atoms with Crippen molar-refractivity contribution < 1.29 is 22.8 Å². The molecule has 0 spiro atoms. The van der Waals surface area contributed by atoms with Crippen LogP contribution in [0.1, 0.15) is 41.4 Å². The quantitative estimate of drug-likeness (QED) is 0.777. The summed E-state index contributed by atoms with van der Waals surface area (Å²) in [5.74, 6) is -1.91. The van der Waals surface area contributed by atoms with Crippen LogP contribution in [0.5, 0.6) is 0 Å². The van der Waals surface area contributed by atoms with Gasteiger partial charge >= 0.3 is 6.18 Å². The SMILES string of the molecule is O=C1NC[C@H](c2ccc(C(F)(F)F)cc2)[C@H]1C(=O)Nc1ccccc1C1CC1. The molecule has 1 saturated carbocycles. The molecule has 4 rings (SSSR count). The monoisotopic (exact) mass is 388 g/mol. The van der Waals surface area contributed by atoms with E-state index < -0.39 is 35.4 Å². The van der Waals surface area contributed by atoms with E-state index in [9.17, 15) is 22.8 Å². The maximum absolute atomic E-state index is 12.9. The number of halogens is 3. The lowest BCUT2D eigenvalue weighted by Gasteiger charge is -2.19. The van der Waals surface area contributed by atoms with Crippen LogP contribution in [0.2, 0.25) is 0 Å². The minimum Gasteiger partial charge on any atom is -0.355 e. The zero-order valence-electron chi connectivity index (χ0n) is 14.9. The van der Waals surface area contributed by atoms with E-state index in [1.54, 1.807) is 0 Å². The number of para-hydroxylation sites is 1. The third-order valence-electron chi connectivity index (χ3n) is 5.37. The Morgan fingerprint density at radius 1 is 1.04 bits per heavy atom. The number of alkyl halides is 3. The summed E-state index contributed by atoms with van der Waals surface area (Å²) in [7, 11) is 0. The van der Waals surface area contributed by atoms with E-state index in [4.69, 9.17) is 0 Å². The summed E-state index contributed by atoms with van der Waals surface area (Å²) in [5.41, 5.74) is 1.52. The fourth-order valence-corrected chi connectivity index (χ4v) is 3.72. The summed E-state index contributed by atoms with van der Waals surface area (Å²) in [6, 6.07) is 12.2. The second kappa shape index (κ2) is 6.96. The van der Waals surface area contributed by atoms with Gasteiger partial charge in [-0.05, 0) is 48.1 Å². The van der Waals surface area contributed by atoms with Gasteiger partial charge in [-0.2, -0.15) is 13.2 Å². The number of anilines is 1. The Labute approximate surface area is 160 Å². The number of hydrogen-bond donors (Lipinski definition) is 2. The lowest BCUT2D eigenvalue weighted by atomic mass is 9.87. The molecule has 2 aliphatic rings. The van der Waals surface area contributed by atoms with Crippen molar-refractivity contribution in [3.8, 4) is 0 Å². The summed E-state index contributed by atoms with van der Waals surface area (Å²) in [5, 5.41) is 5.52. The van der Waals surface area contributed by atoms with Crippen LogP contribution in [0.4, 0.5) is 18.9 Å². The van der Waals surface area contributed by atoms with Crippen LogP contribution in [-0.4, -0.2) is 18.4 Å². The number of amides is 2. The van der Waals surface area contributed by atoms with E-state index in [0.717, 1.165) is 30.5 Å². The van der Waals surface area contributed by atoms with Gasteiger partial charge in [0.25, 0.3) is 0 Å². The van der Waals surface area contributed by atoms with Crippen LogP contribution in [0, 0.1) is 5.92 Å². The van der Waals surface area contributed by atoms with Crippen molar-refractivity contribution in [2.24, 2.45) is 5.92 Å². The highest BCUT2D eigenvalue weighted by Crippen LogP contribution is 2.43. The minimum absolute atomic E-state index is 0.215. The summed E-state index contributed by atoms with van der Waals surface area (Å²) in [6.07, 6.45) is -2.28. The molecule has 0 radical (unpaired) electrons. The second-order valence-corrected chi connectivity index (χ2v) is 7.30. The molecule has 1 aliphatic heterocycles. The normalized spacial score (nSPS) is 22.0. The van der Waals surface area contributed by atoms with Crippen molar-refractivity contribution in [2.75, 3.05) is 11.9 Å². The van der Waals surface area contributed by atoms with E-state index in [-0.39, 0.29) is 6.54 Å². The van der Waals surface area contributed by atoms with Crippen molar-refractivity contribution in [1.82, 2.24) is 5.32 Å². The first kappa shape index (κ1) is 18.5. The molecule has 2 atom stereocenters. The van der Waals surface area contributed by atoms with Gasteiger partial charge in [-0.1, -0.05) is 30.3 Å². The third kappa shape index (κ3) is 3.61. The molecule has 2 amide bonds. The fraction of sp³-hybridized carbons (Fsp3) is 0.333. The smallest absolute Gasteiger partial charge is 0.355 e. The number of carbonyl (C=O) groups is 2. The average molecular weight is 388 g/mol. The van der Waals surface area contributed by atoms with Gasteiger partial charge in [0.2, 0.25) is 11.8 Å². The molecular formula is C21H19F3N2O2. The predicted molar refractivity (Wildman–Crippen MR) is 97.7 cm³/mol. The fourth-order valence-electron chi connectivity index (χ4n) is 3.72. The van der Waals surface area contributed by atoms with Crippen LogP contribution in [0.25, 0.3) is 0 Å². The largest absolute Gasteiger partial charge is 0.416 e. The molecule has 28 heavy (non-hydrogen) atoms. The van der Waals surface area contributed by atoms with Crippen LogP contribution >= 0.6 is 0 Å². The number of hydrogen-bond acceptors (Lipinski definition) is 2. The standard InChI is InChI=1S/C21H19F3N2O2/c22-21(23,24)14-9-7-13(8-10-14)16-11-25-19(27)18(16)20(28)26-17-4-2-1-3-15(17)12-5-6-12/h1-4,7-10,12,16,18H,5-6,11H2,(H,25,27)(H,26,28)/t16-,18-/m1/s1. The first-order valence-corrected chi connectivity index (χ1v) is 9.19. The van der Waals surface area contributed by atoms with Crippen LogP contribution < -0.4 is 10.6 Å². The van der Waals surface area contributed by atoms with Gasteiger partial charge in [-0.25, -0.2) is 0 Å². The van der Waals surface area contributed by atoms with Gasteiger partial charge < -0.3 is 10.6 Å². The number of nitrogens with one attached hydrogen (secondary N) is 2. The zero-order valence-corrected chi connectivity index (χ0v) is 14.9. The molecule has 0 unspecified atom stereocenters. The number of carbonyl (C=O) groups excluding carboxylic acids is 2. The number of rotatable bonds is 4. The molecular weight excluding hydrogens is 369 g/mol. The Balaban J connectivity index is 1.55. The molecule has 2 aromatic rings. The maximum atomic E-state index is 12.9.